The molecule has 1 aromatic rings. The monoisotopic (exact) mass is 260 g/mol. The van der Waals surface area contributed by atoms with Gasteiger partial charge in [0, 0.05) is 25.3 Å². The molecule has 1 unspecified atom stereocenters. The van der Waals surface area contributed by atoms with Gasteiger partial charge in [0.1, 0.15) is 0 Å². The highest BCUT2D eigenvalue weighted by molar-refractivity contribution is 7.17. The number of hydrogen-bond donors (Lipinski definition) is 0. The van der Waals surface area contributed by atoms with Gasteiger partial charge in [-0.25, -0.2) is 4.98 Å². The summed E-state index contributed by atoms with van der Waals surface area (Å²) >= 11 is 1.33. The quantitative estimate of drug-likeness (QED) is 0.721. The molecule has 18 heavy (non-hydrogen) atoms. The highest BCUT2D eigenvalue weighted by atomic mass is 32.1. The standard InChI is InChI=1S/C13H12N2O2S/c1-2-8-6-11(17)15(7-8)13-14-9-4-3-5-10(16)12(9)18-13/h1,8H,3-7H2. The minimum atomic E-state index is -0.0332. The number of carbonyl (C=O) groups is 2. The lowest BCUT2D eigenvalue weighted by molar-refractivity contribution is -0.117. The lowest BCUT2D eigenvalue weighted by Crippen LogP contribution is -2.24. The average Bonchev–Trinajstić information content (AvgIpc) is 2.93. The van der Waals surface area contributed by atoms with Crippen LogP contribution < -0.4 is 4.90 Å². The van der Waals surface area contributed by atoms with Gasteiger partial charge in [-0.3, -0.25) is 14.5 Å². The Morgan fingerprint density at radius 2 is 2.22 bits per heavy atom. The summed E-state index contributed by atoms with van der Waals surface area (Å²) in [6.07, 6.45) is 8.02. The first-order chi connectivity index (χ1) is 8.69. The van der Waals surface area contributed by atoms with Crippen LogP contribution in [0.25, 0.3) is 0 Å². The molecule has 0 saturated carbocycles. The maximum atomic E-state index is 11.9. The summed E-state index contributed by atoms with van der Waals surface area (Å²) in [5.41, 5.74) is 0.850. The van der Waals surface area contributed by atoms with E-state index in [9.17, 15) is 9.59 Å². The van der Waals surface area contributed by atoms with E-state index in [1.54, 1.807) is 4.90 Å². The van der Waals surface area contributed by atoms with Gasteiger partial charge in [0.25, 0.3) is 0 Å². The number of anilines is 1. The van der Waals surface area contributed by atoms with E-state index in [-0.39, 0.29) is 17.6 Å². The molecule has 1 aliphatic carbocycles. The van der Waals surface area contributed by atoms with Crippen LogP contribution in [0.2, 0.25) is 0 Å². The van der Waals surface area contributed by atoms with Crippen molar-refractivity contribution in [2.45, 2.75) is 25.7 Å². The van der Waals surface area contributed by atoms with Crippen LogP contribution in [0, 0.1) is 18.3 Å². The van der Waals surface area contributed by atoms with Crippen molar-refractivity contribution in [2.75, 3.05) is 11.4 Å². The van der Waals surface area contributed by atoms with Crippen molar-refractivity contribution in [1.82, 2.24) is 4.98 Å². The van der Waals surface area contributed by atoms with Crippen LogP contribution in [0.4, 0.5) is 5.13 Å². The molecular formula is C13H12N2O2S. The second-order valence-corrected chi connectivity index (χ2v) is 5.60. The number of carbonyl (C=O) groups excluding carboxylic acids is 2. The molecule has 1 amide bonds. The van der Waals surface area contributed by atoms with Gasteiger partial charge in [0.05, 0.1) is 10.6 Å². The number of amides is 1. The number of Topliss-reactive ketones (excluding diaryl/α,β-unsaturated/α-hetero) is 1. The average molecular weight is 260 g/mol. The van der Waals surface area contributed by atoms with Crippen LogP contribution in [0.3, 0.4) is 0 Å². The summed E-state index contributed by atoms with van der Waals surface area (Å²) in [5.74, 6) is 2.74. The molecule has 0 radical (unpaired) electrons. The molecule has 2 heterocycles. The van der Waals surface area contributed by atoms with Crippen molar-refractivity contribution in [3.63, 3.8) is 0 Å². The molecule has 0 bridgehead atoms. The summed E-state index contributed by atoms with van der Waals surface area (Å²) in [5, 5.41) is 0.637. The van der Waals surface area contributed by atoms with E-state index in [1.165, 1.54) is 11.3 Å². The highest BCUT2D eigenvalue weighted by Gasteiger charge is 2.33. The van der Waals surface area contributed by atoms with Gasteiger partial charge in [-0.2, -0.15) is 0 Å². The lowest BCUT2D eigenvalue weighted by atomic mass is 10.0. The van der Waals surface area contributed by atoms with Crippen LogP contribution in [0.5, 0.6) is 0 Å². The fraction of sp³-hybridized carbons (Fsp3) is 0.462. The SMILES string of the molecule is C#CC1CC(=O)N(c2nc3c(s2)C(=O)CCC3)C1. The molecule has 4 nitrogen and oxygen atoms in total. The predicted molar refractivity (Wildman–Crippen MR) is 68.7 cm³/mol. The van der Waals surface area contributed by atoms with Crippen molar-refractivity contribution in [3.05, 3.63) is 10.6 Å². The summed E-state index contributed by atoms with van der Waals surface area (Å²) in [6.45, 7) is 0.524. The van der Waals surface area contributed by atoms with Gasteiger partial charge in [-0.05, 0) is 12.8 Å². The van der Waals surface area contributed by atoms with Crippen LogP contribution in [-0.2, 0) is 11.2 Å². The molecule has 1 aromatic heterocycles. The Hall–Kier alpha value is -1.67. The zero-order chi connectivity index (χ0) is 12.7. The second kappa shape index (κ2) is 4.21. The molecule has 5 heteroatoms. The molecule has 0 spiro atoms. The molecular weight excluding hydrogens is 248 g/mol. The van der Waals surface area contributed by atoms with Gasteiger partial charge in [-0.15, -0.1) is 12.3 Å². The van der Waals surface area contributed by atoms with E-state index in [1.807, 2.05) is 0 Å². The first-order valence-corrected chi connectivity index (χ1v) is 6.80. The van der Waals surface area contributed by atoms with Crippen LogP contribution in [0.15, 0.2) is 0 Å². The fourth-order valence-corrected chi connectivity index (χ4v) is 3.48. The number of fused-ring (bicyclic) bond motifs is 1. The van der Waals surface area contributed by atoms with Crippen LogP contribution >= 0.6 is 11.3 Å². The maximum absolute atomic E-state index is 11.9. The smallest absolute Gasteiger partial charge is 0.230 e. The van der Waals surface area contributed by atoms with Crippen molar-refractivity contribution in [2.24, 2.45) is 5.92 Å². The third-order valence-electron chi connectivity index (χ3n) is 3.35. The van der Waals surface area contributed by atoms with E-state index >= 15 is 0 Å². The molecule has 92 valence electrons. The number of terminal acetylenes is 1. The van der Waals surface area contributed by atoms with Crippen molar-refractivity contribution in [3.8, 4) is 12.3 Å². The summed E-state index contributed by atoms with van der Waals surface area (Å²) in [4.78, 5) is 30.4. The Bertz CT molecular complexity index is 570. The van der Waals surface area contributed by atoms with Crippen molar-refractivity contribution < 1.29 is 9.59 Å². The summed E-state index contributed by atoms with van der Waals surface area (Å²) < 4.78 is 0. The zero-order valence-corrected chi connectivity index (χ0v) is 10.6. The van der Waals surface area contributed by atoms with Gasteiger partial charge in [0.2, 0.25) is 5.91 Å². The summed E-state index contributed by atoms with van der Waals surface area (Å²) in [6, 6.07) is 0. The van der Waals surface area contributed by atoms with Crippen LogP contribution in [-0.4, -0.2) is 23.2 Å². The van der Waals surface area contributed by atoms with Crippen LogP contribution in [0.1, 0.15) is 34.6 Å². The number of aryl methyl sites for hydroxylation is 1. The molecule has 1 aliphatic heterocycles. The Kier molecular flexibility index (Phi) is 2.67. The highest BCUT2D eigenvalue weighted by Crippen LogP contribution is 2.34. The van der Waals surface area contributed by atoms with E-state index < -0.39 is 0 Å². The molecule has 0 aromatic carbocycles. The fourth-order valence-electron chi connectivity index (χ4n) is 2.38. The number of rotatable bonds is 1. The zero-order valence-electron chi connectivity index (χ0n) is 9.81. The Morgan fingerprint density at radius 1 is 1.39 bits per heavy atom. The Labute approximate surface area is 109 Å². The maximum Gasteiger partial charge on any atom is 0.230 e. The van der Waals surface area contributed by atoms with Crippen molar-refractivity contribution in [1.29, 1.82) is 0 Å². The Balaban J connectivity index is 1.92. The van der Waals surface area contributed by atoms with Crippen molar-refractivity contribution >= 4 is 28.2 Å². The first kappa shape index (κ1) is 11.4. The van der Waals surface area contributed by atoms with Gasteiger partial charge in [-0.1, -0.05) is 11.3 Å². The van der Waals surface area contributed by atoms with E-state index in [0.29, 0.717) is 24.5 Å². The Morgan fingerprint density at radius 3 is 2.89 bits per heavy atom. The lowest BCUT2D eigenvalue weighted by Gasteiger charge is -2.10. The number of aromatic nitrogens is 1. The molecule has 2 aliphatic rings. The molecule has 3 rings (SSSR count). The topological polar surface area (TPSA) is 50.3 Å². The number of nitrogens with zero attached hydrogens (tertiary/aromatic N) is 2. The third kappa shape index (κ3) is 1.73. The van der Waals surface area contributed by atoms with E-state index in [0.717, 1.165) is 23.4 Å². The minimum absolute atomic E-state index is 0.0106. The number of hydrogen-bond acceptors (Lipinski definition) is 4. The second-order valence-electron chi connectivity index (χ2n) is 4.62. The van der Waals surface area contributed by atoms with Gasteiger partial charge < -0.3 is 0 Å². The molecule has 0 N–H and O–H groups in total. The van der Waals surface area contributed by atoms with E-state index in [4.69, 9.17) is 6.42 Å². The number of ketones is 1. The first-order valence-electron chi connectivity index (χ1n) is 5.98. The minimum Gasteiger partial charge on any atom is -0.293 e. The molecule has 1 fully saturated rings. The summed E-state index contributed by atoms with van der Waals surface area (Å²) in [7, 11) is 0. The number of thiazole rings is 1. The normalized spacial score (nSPS) is 23.1. The largest absolute Gasteiger partial charge is 0.293 e. The van der Waals surface area contributed by atoms with Gasteiger partial charge in [0.15, 0.2) is 10.9 Å². The predicted octanol–water partition coefficient (Wildman–Crippen LogP) is 1.65. The molecule has 1 saturated heterocycles. The van der Waals surface area contributed by atoms with E-state index in [2.05, 4.69) is 10.9 Å². The third-order valence-corrected chi connectivity index (χ3v) is 4.51. The van der Waals surface area contributed by atoms with Gasteiger partial charge >= 0.3 is 0 Å². The molecule has 1 atom stereocenters.